The van der Waals surface area contributed by atoms with Gasteiger partial charge in [0, 0.05) is 6.54 Å². The molecule has 0 aliphatic carbocycles. The lowest BCUT2D eigenvalue weighted by Crippen LogP contribution is -2.40. The van der Waals surface area contributed by atoms with Crippen LogP contribution < -0.4 is 10.6 Å². The van der Waals surface area contributed by atoms with Gasteiger partial charge in [0.2, 0.25) is 0 Å². The third-order valence-electron chi connectivity index (χ3n) is 2.91. The van der Waals surface area contributed by atoms with Crippen LogP contribution in [0.15, 0.2) is 30.3 Å². The monoisotopic (exact) mass is 204 g/mol. The topological polar surface area (TPSA) is 41.1 Å². The van der Waals surface area contributed by atoms with E-state index in [0.29, 0.717) is 6.54 Å². The third kappa shape index (κ3) is 1.82. The molecule has 0 spiro atoms. The summed E-state index contributed by atoms with van der Waals surface area (Å²) in [6, 6.07) is 10.1. The zero-order chi connectivity index (χ0) is 10.7. The van der Waals surface area contributed by atoms with E-state index in [-0.39, 0.29) is 11.6 Å². The summed E-state index contributed by atoms with van der Waals surface area (Å²) in [5.74, 6) is 0. The molecule has 2 N–H and O–H groups in total. The fraction of sp³-hybridized carbons (Fsp3) is 0.417. The second-order valence-electron chi connectivity index (χ2n) is 4.01. The van der Waals surface area contributed by atoms with E-state index in [1.807, 2.05) is 18.2 Å². The zero-order valence-electron chi connectivity index (χ0n) is 8.92. The van der Waals surface area contributed by atoms with Crippen molar-refractivity contribution >= 4 is 6.03 Å². The Morgan fingerprint density at radius 1 is 1.33 bits per heavy atom. The molecule has 15 heavy (non-hydrogen) atoms. The molecule has 0 saturated carbocycles. The van der Waals surface area contributed by atoms with E-state index in [4.69, 9.17) is 0 Å². The SMILES string of the molecule is CCC[C@@]1(c2ccccc2)CNC(=O)N1. The second kappa shape index (κ2) is 3.93. The first kappa shape index (κ1) is 10.0. The van der Waals surface area contributed by atoms with Crippen LogP contribution >= 0.6 is 0 Å². The first-order chi connectivity index (χ1) is 7.27. The number of hydrogen-bond donors (Lipinski definition) is 2. The Hall–Kier alpha value is -1.51. The number of amides is 2. The van der Waals surface area contributed by atoms with Crippen LogP contribution in [-0.4, -0.2) is 12.6 Å². The smallest absolute Gasteiger partial charge is 0.315 e. The summed E-state index contributed by atoms with van der Waals surface area (Å²) in [6.07, 6.45) is 2.02. The molecule has 2 rings (SSSR count). The normalized spacial score (nSPS) is 24.7. The summed E-state index contributed by atoms with van der Waals surface area (Å²) in [7, 11) is 0. The lowest BCUT2D eigenvalue weighted by Gasteiger charge is -2.28. The Labute approximate surface area is 89.9 Å². The number of carbonyl (C=O) groups excluding carboxylic acids is 1. The molecule has 0 radical (unpaired) electrons. The highest BCUT2D eigenvalue weighted by Crippen LogP contribution is 2.28. The maximum absolute atomic E-state index is 11.3. The van der Waals surface area contributed by atoms with Gasteiger partial charge >= 0.3 is 6.03 Å². The average Bonchev–Trinajstić information content (AvgIpc) is 2.63. The molecule has 2 amide bonds. The molecule has 3 heteroatoms. The molecule has 0 unspecified atom stereocenters. The van der Waals surface area contributed by atoms with Gasteiger partial charge in [-0.3, -0.25) is 0 Å². The molecule has 1 atom stereocenters. The molecule has 1 aliphatic rings. The lowest BCUT2D eigenvalue weighted by molar-refractivity contribution is 0.243. The largest absolute Gasteiger partial charge is 0.335 e. The van der Waals surface area contributed by atoms with Gasteiger partial charge in [0.1, 0.15) is 0 Å². The minimum absolute atomic E-state index is 0.0627. The summed E-state index contributed by atoms with van der Waals surface area (Å²) in [6.45, 7) is 2.82. The Kier molecular flexibility index (Phi) is 2.62. The van der Waals surface area contributed by atoms with Crippen LogP contribution in [-0.2, 0) is 5.54 Å². The number of urea groups is 1. The molecule has 3 nitrogen and oxygen atoms in total. The van der Waals surface area contributed by atoms with Crippen molar-refractivity contribution in [1.29, 1.82) is 0 Å². The summed E-state index contributed by atoms with van der Waals surface area (Å²) >= 11 is 0. The highest BCUT2D eigenvalue weighted by atomic mass is 16.2. The zero-order valence-corrected chi connectivity index (χ0v) is 8.92. The highest BCUT2D eigenvalue weighted by Gasteiger charge is 2.37. The molecule has 1 saturated heterocycles. The predicted octanol–water partition coefficient (Wildman–Crippen LogP) is 1.99. The van der Waals surface area contributed by atoms with Crippen LogP contribution in [0.4, 0.5) is 4.79 Å². The van der Waals surface area contributed by atoms with Gasteiger partial charge in [-0.2, -0.15) is 0 Å². The van der Waals surface area contributed by atoms with Crippen LogP contribution in [0.5, 0.6) is 0 Å². The summed E-state index contributed by atoms with van der Waals surface area (Å²) in [4.78, 5) is 11.3. The van der Waals surface area contributed by atoms with Gasteiger partial charge in [0.25, 0.3) is 0 Å². The Balaban J connectivity index is 2.31. The standard InChI is InChI=1S/C12H16N2O/c1-2-8-12(9-13-11(15)14-12)10-6-4-3-5-7-10/h3-7H,2,8-9H2,1H3,(H2,13,14,15)/t12-/m0/s1. The van der Waals surface area contributed by atoms with Crippen molar-refractivity contribution in [3.05, 3.63) is 35.9 Å². The molecule has 1 heterocycles. The van der Waals surface area contributed by atoms with E-state index in [2.05, 4.69) is 29.7 Å². The number of benzene rings is 1. The van der Waals surface area contributed by atoms with E-state index in [1.54, 1.807) is 0 Å². The van der Waals surface area contributed by atoms with Gasteiger partial charge in [-0.05, 0) is 12.0 Å². The van der Waals surface area contributed by atoms with Crippen LogP contribution in [0.3, 0.4) is 0 Å². The average molecular weight is 204 g/mol. The Bertz CT molecular complexity index is 350. The van der Waals surface area contributed by atoms with Crippen LogP contribution in [0.2, 0.25) is 0 Å². The molecule has 0 aromatic heterocycles. The summed E-state index contributed by atoms with van der Waals surface area (Å²) in [5.41, 5.74) is 0.984. The maximum atomic E-state index is 11.3. The Morgan fingerprint density at radius 3 is 2.60 bits per heavy atom. The minimum atomic E-state index is -0.201. The summed E-state index contributed by atoms with van der Waals surface area (Å²) < 4.78 is 0. The fourth-order valence-electron chi connectivity index (χ4n) is 2.19. The van der Waals surface area contributed by atoms with Crippen LogP contribution in [0, 0.1) is 0 Å². The van der Waals surface area contributed by atoms with Crippen molar-refractivity contribution in [2.24, 2.45) is 0 Å². The first-order valence-electron chi connectivity index (χ1n) is 5.38. The second-order valence-corrected chi connectivity index (χ2v) is 4.01. The number of rotatable bonds is 3. The van der Waals surface area contributed by atoms with Crippen molar-refractivity contribution in [2.75, 3.05) is 6.54 Å². The van der Waals surface area contributed by atoms with Gasteiger partial charge in [-0.1, -0.05) is 43.7 Å². The molecule has 80 valence electrons. The van der Waals surface area contributed by atoms with Crippen LogP contribution in [0.1, 0.15) is 25.3 Å². The minimum Gasteiger partial charge on any atom is -0.335 e. The maximum Gasteiger partial charge on any atom is 0.315 e. The van der Waals surface area contributed by atoms with Gasteiger partial charge < -0.3 is 10.6 Å². The third-order valence-corrected chi connectivity index (χ3v) is 2.91. The molecule has 1 aromatic rings. The van der Waals surface area contributed by atoms with Crippen LogP contribution in [0.25, 0.3) is 0 Å². The van der Waals surface area contributed by atoms with Gasteiger partial charge in [0.15, 0.2) is 0 Å². The summed E-state index contributed by atoms with van der Waals surface area (Å²) in [5, 5.41) is 5.88. The van der Waals surface area contributed by atoms with E-state index in [0.717, 1.165) is 12.8 Å². The molecule has 1 aromatic carbocycles. The van der Waals surface area contributed by atoms with Gasteiger partial charge in [-0.15, -0.1) is 0 Å². The lowest BCUT2D eigenvalue weighted by atomic mass is 9.86. The number of hydrogen-bond acceptors (Lipinski definition) is 1. The number of carbonyl (C=O) groups is 1. The van der Waals surface area contributed by atoms with E-state index in [9.17, 15) is 4.79 Å². The van der Waals surface area contributed by atoms with Gasteiger partial charge in [0.05, 0.1) is 5.54 Å². The first-order valence-corrected chi connectivity index (χ1v) is 5.38. The molecule has 1 fully saturated rings. The van der Waals surface area contributed by atoms with E-state index in [1.165, 1.54) is 5.56 Å². The predicted molar refractivity (Wildman–Crippen MR) is 59.6 cm³/mol. The van der Waals surface area contributed by atoms with E-state index < -0.39 is 0 Å². The van der Waals surface area contributed by atoms with E-state index >= 15 is 0 Å². The quantitative estimate of drug-likeness (QED) is 0.776. The van der Waals surface area contributed by atoms with Gasteiger partial charge in [-0.25, -0.2) is 4.79 Å². The van der Waals surface area contributed by atoms with Crippen molar-refractivity contribution in [2.45, 2.75) is 25.3 Å². The Morgan fingerprint density at radius 2 is 2.07 bits per heavy atom. The molecule has 0 bridgehead atoms. The number of nitrogens with one attached hydrogen (secondary N) is 2. The van der Waals surface area contributed by atoms with Crippen molar-refractivity contribution in [3.63, 3.8) is 0 Å². The molecular weight excluding hydrogens is 188 g/mol. The molecular formula is C12H16N2O. The highest BCUT2D eigenvalue weighted by molar-refractivity contribution is 5.78. The fourth-order valence-corrected chi connectivity index (χ4v) is 2.19. The van der Waals surface area contributed by atoms with Crippen molar-refractivity contribution in [1.82, 2.24) is 10.6 Å². The van der Waals surface area contributed by atoms with Crippen molar-refractivity contribution in [3.8, 4) is 0 Å². The van der Waals surface area contributed by atoms with Crippen molar-refractivity contribution < 1.29 is 4.79 Å². The molecule has 1 aliphatic heterocycles.